The first kappa shape index (κ1) is 15.6. The molecule has 1 rings (SSSR count). The summed E-state index contributed by atoms with van der Waals surface area (Å²) in [4.78, 5) is 0.153. The molecule has 0 aromatic heterocycles. The zero-order chi connectivity index (χ0) is 14.5. The SMILES string of the molecule is CC(C)(CCO)NS(=O)(=O)c1ccc(CC#N)cc1. The smallest absolute Gasteiger partial charge is 0.241 e. The molecule has 104 valence electrons. The number of aliphatic hydroxyl groups excluding tert-OH is 1. The van der Waals surface area contributed by atoms with Crippen molar-refractivity contribution >= 4 is 10.0 Å². The van der Waals surface area contributed by atoms with Crippen molar-refractivity contribution in [3.63, 3.8) is 0 Å². The largest absolute Gasteiger partial charge is 0.396 e. The molecule has 0 radical (unpaired) electrons. The predicted molar refractivity (Wildman–Crippen MR) is 71.9 cm³/mol. The fourth-order valence-electron chi connectivity index (χ4n) is 1.63. The first-order valence-electron chi connectivity index (χ1n) is 5.91. The normalized spacial score (nSPS) is 12.1. The second kappa shape index (κ2) is 6.15. The third kappa shape index (κ3) is 4.63. The predicted octanol–water partition coefficient (Wildman–Crippen LogP) is 1.19. The van der Waals surface area contributed by atoms with E-state index in [0.29, 0.717) is 6.42 Å². The lowest BCUT2D eigenvalue weighted by atomic mass is 10.0. The number of rotatable bonds is 6. The van der Waals surface area contributed by atoms with Gasteiger partial charge >= 0.3 is 0 Å². The highest BCUT2D eigenvalue weighted by Gasteiger charge is 2.25. The van der Waals surface area contributed by atoms with Crippen molar-refractivity contribution in [1.29, 1.82) is 5.26 Å². The van der Waals surface area contributed by atoms with Crippen LogP contribution in [0.5, 0.6) is 0 Å². The molecule has 0 bridgehead atoms. The van der Waals surface area contributed by atoms with Gasteiger partial charge in [-0.1, -0.05) is 12.1 Å². The molecule has 0 aliphatic rings. The summed E-state index contributed by atoms with van der Waals surface area (Å²) in [5, 5.41) is 17.5. The van der Waals surface area contributed by atoms with E-state index in [2.05, 4.69) is 4.72 Å². The number of nitrogens with zero attached hydrogens (tertiary/aromatic N) is 1. The van der Waals surface area contributed by atoms with Crippen LogP contribution in [0.1, 0.15) is 25.8 Å². The van der Waals surface area contributed by atoms with E-state index in [0.717, 1.165) is 5.56 Å². The standard InChI is InChI=1S/C13H18N2O3S/c1-13(2,8-10-16)15-19(17,18)12-5-3-11(4-6-12)7-9-14/h3-6,15-16H,7-8,10H2,1-2H3. The molecule has 2 N–H and O–H groups in total. The van der Waals surface area contributed by atoms with Gasteiger partial charge in [-0.05, 0) is 38.0 Å². The van der Waals surface area contributed by atoms with Gasteiger partial charge in [0.05, 0.1) is 17.4 Å². The van der Waals surface area contributed by atoms with Crippen LogP contribution < -0.4 is 4.72 Å². The lowest BCUT2D eigenvalue weighted by Gasteiger charge is -2.25. The number of benzene rings is 1. The van der Waals surface area contributed by atoms with Gasteiger partial charge in [-0.25, -0.2) is 13.1 Å². The Balaban J connectivity index is 2.92. The molecule has 0 saturated carbocycles. The van der Waals surface area contributed by atoms with Crippen molar-refractivity contribution in [1.82, 2.24) is 4.72 Å². The van der Waals surface area contributed by atoms with Crippen LogP contribution in [-0.4, -0.2) is 25.7 Å². The van der Waals surface area contributed by atoms with Crippen molar-refractivity contribution in [2.24, 2.45) is 0 Å². The Morgan fingerprint density at radius 1 is 1.32 bits per heavy atom. The molecule has 0 amide bonds. The molecule has 1 aromatic rings. The molecule has 19 heavy (non-hydrogen) atoms. The zero-order valence-electron chi connectivity index (χ0n) is 11.0. The molecular weight excluding hydrogens is 264 g/mol. The summed E-state index contributed by atoms with van der Waals surface area (Å²) in [5.41, 5.74) is 0.0647. The van der Waals surface area contributed by atoms with Gasteiger partial charge in [0.15, 0.2) is 0 Å². The molecule has 0 unspecified atom stereocenters. The maximum atomic E-state index is 12.1. The van der Waals surface area contributed by atoms with Crippen LogP contribution in [-0.2, 0) is 16.4 Å². The summed E-state index contributed by atoms with van der Waals surface area (Å²) in [6, 6.07) is 8.20. The van der Waals surface area contributed by atoms with Crippen LogP contribution in [0.2, 0.25) is 0 Å². The zero-order valence-corrected chi connectivity index (χ0v) is 11.9. The number of hydrogen-bond donors (Lipinski definition) is 2. The first-order chi connectivity index (χ1) is 8.80. The minimum absolute atomic E-state index is 0.0867. The second-order valence-corrected chi connectivity index (χ2v) is 6.62. The van der Waals surface area contributed by atoms with Gasteiger partial charge in [0.2, 0.25) is 10.0 Å². The Morgan fingerprint density at radius 3 is 2.37 bits per heavy atom. The fraction of sp³-hybridized carbons (Fsp3) is 0.462. The quantitative estimate of drug-likeness (QED) is 0.820. The van der Waals surface area contributed by atoms with Gasteiger partial charge in [0, 0.05) is 12.1 Å². The van der Waals surface area contributed by atoms with Gasteiger partial charge in [-0.2, -0.15) is 5.26 Å². The minimum atomic E-state index is -3.62. The van der Waals surface area contributed by atoms with Gasteiger partial charge in [-0.3, -0.25) is 0 Å². The number of nitriles is 1. The van der Waals surface area contributed by atoms with Crippen molar-refractivity contribution in [2.45, 2.75) is 37.1 Å². The van der Waals surface area contributed by atoms with Gasteiger partial charge in [0.1, 0.15) is 0 Å². The molecular formula is C13H18N2O3S. The van der Waals surface area contributed by atoms with Crippen LogP contribution in [0.25, 0.3) is 0 Å². The number of hydrogen-bond acceptors (Lipinski definition) is 4. The number of sulfonamides is 1. The summed E-state index contributed by atoms with van der Waals surface area (Å²) in [6.45, 7) is 3.34. The third-order valence-corrected chi connectivity index (χ3v) is 4.38. The second-order valence-electron chi connectivity index (χ2n) is 4.94. The van der Waals surface area contributed by atoms with Crippen LogP contribution >= 0.6 is 0 Å². The van der Waals surface area contributed by atoms with E-state index in [-0.39, 0.29) is 17.9 Å². The monoisotopic (exact) mass is 282 g/mol. The average Bonchev–Trinajstić information content (AvgIpc) is 2.28. The van der Waals surface area contributed by atoms with Crippen LogP contribution in [0.3, 0.4) is 0 Å². The van der Waals surface area contributed by atoms with Gasteiger partial charge < -0.3 is 5.11 Å². The van der Waals surface area contributed by atoms with Crippen molar-refractivity contribution in [3.05, 3.63) is 29.8 Å². The van der Waals surface area contributed by atoms with E-state index in [9.17, 15) is 8.42 Å². The summed E-state index contributed by atoms with van der Waals surface area (Å²) in [7, 11) is -3.62. The molecule has 0 heterocycles. The lowest BCUT2D eigenvalue weighted by Crippen LogP contribution is -2.43. The minimum Gasteiger partial charge on any atom is -0.396 e. The Morgan fingerprint density at radius 2 is 1.89 bits per heavy atom. The van der Waals surface area contributed by atoms with Crippen molar-refractivity contribution in [3.8, 4) is 6.07 Å². The maximum absolute atomic E-state index is 12.1. The summed E-state index contributed by atoms with van der Waals surface area (Å²) < 4.78 is 26.8. The summed E-state index contributed by atoms with van der Waals surface area (Å²) >= 11 is 0. The Labute approximate surface area is 113 Å². The number of nitrogens with one attached hydrogen (secondary N) is 1. The van der Waals surface area contributed by atoms with Crippen LogP contribution in [0.15, 0.2) is 29.2 Å². The summed E-state index contributed by atoms with van der Waals surface area (Å²) in [5.74, 6) is 0. The van der Waals surface area contributed by atoms with Gasteiger partial charge in [0.25, 0.3) is 0 Å². The highest BCUT2D eigenvalue weighted by molar-refractivity contribution is 7.89. The molecule has 0 fully saturated rings. The van der Waals surface area contributed by atoms with E-state index >= 15 is 0 Å². The first-order valence-corrected chi connectivity index (χ1v) is 7.40. The van der Waals surface area contributed by atoms with E-state index in [1.165, 1.54) is 12.1 Å². The topological polar surface area (TPSA) is 90.2 Å². The van der Waals surface area contributed by atoms with Gasteiger partial charge in [-0.15, -0.1) is 0 Å². The molecule has 0 saturated heterocycles. The third-order valence-electron chi connectivity index (χ3n) is 2.66. The van der Waals surface area contributed by atoms with Crippen LogP contribution in [0, 0.1) is 11.3 Å². The molecule has 0 aliphatic carbocycles. The van der Waals surface area contributed by atoms with E-state index < -0.39 is 15.6 Å². The van der Waals surface area contributed by atoms with E-state index in [4.69, 9.17) is 10.4 Å². The molecule has 5 nitrogen and oxygen atoms in total. The number of aliphatic hydroxyl groups is 1. The molecule has 1 aromatic carbocycles. The van der Waals surface area contributed by atoms with Crippen molar-refractivity contribution < 1.29 is 13.5 Å². The highest BCUT2D eigenvalue weighted by atomic mass is 32.2. The Kier molecular flexibility index (Phi) is 5.06. The van der Waals surface area contributed by atoms with E-state index in [1.54, 1.807) is 26.0 Å². The summed E-state index contributed by atoms with van der Waals surface area (Å²) in [6.07, 6.45) is 0.586. The lowest BCUT2D eigenvalue weighted by molar-refractivity contribution is 0.246. The maximum Gasteiger partial charge on any atom is 0.241 e. The molecule has 0 spiro atoms. The Bertz CT molecular complexity index is 557. The fourth-order valence-corrected chi connectivity index (χ4v) is 3.07. The molecule has 0 aliphatic heterocycles. The van der Waals surface area contributed by atoms with Crippen LogP contribution in [0.4, 0.5) is 0 Å². The van der Waals surface area contributed by atoms with Crippen molar-refractivity contribution in [2.75, 3.05) is 6.61 Å². The highest BCUT2D eigenvalue weighted by Crippen LogP contribution is 2.16. The molecule has 6 heteroatoms. The molecule has 0 atom stereocenters. The average molecular weight is 282 g/mol. The van der Waals surface area contributed by atoms with E-state index in [1.807, 2.05) is 6.07 Å². The Hall–Kier alpha value is -1.42.